The average molecular weight is 232 g/mol. The highest BCUT2D eigenvalue weighted by Crippen LogP contribution is 2.16. The topological polar surface area (TPSA) is 63.4 Å². The fourth-order valence-electron chi connectivity index (χ4n) is 0.972. The minimum Gasteiger partial charge on any atom is -0.444 e. The molecule has 0 unspecified atom stereocenters. The number of nitrogens with zero attached hydrogens (tertiary/aromatic N) is 2. The van der Waals surface area contributed by atoms with Crippen LogP contribution in [0.15, 0.2) is 10.6 Å². The lowest BCUT2D eigenvalue weighted by molar-refractivity contribution is 0.376. The first-order chi connectivity index (χ1) is 6.80. The lowest BCUT2D eigenvalue weighted by Gasteiger charge is -2.10. The molecule has 0 aliphatic heterocycles. The summed E-state index contributed by atoms with van der Waals surface area (Å²) in [6, 6.07) is 0. The van der Waals surface area contributed by atoms with Gasteiger partial charge in [0.15, 0.2) is 0 Å². The Morgan fingerprint density at radius 3 is 2.53 bits per heavy atom. The van der Waals surface area contributed by atoms with Gasteiger partial charge in [0.05, 0.1) is 19.0 Å². The van der Waals surface area contributed by atoms with Crippen LogP contribution < -0.4 is 0 Å². The highest BCUT2D eigenvalue weighted by molar-refractivity contribution is 7.88. The van der Waals surface area contributed by atoms with Crippen LogP contribution in [0.5, 0.6) is 0 Å². The van der Waals surface area contributed by atoms with Crippen LogP contribution in [0.2, 0.25) is 0 Å². The van der Waals surface area contributed by atoms with E-state index >= 15 is 0 Å². The van der Waals surface area contributed by atoms with Crippen LogP contribution in [0, 0.1) is 0 Å². The smallest absolute Gasteiger partial charge is 0.211 e. The van der Waals surface area contributed by atoms with Crippen LogP contribution in [0.25, 0.3) is 0 Å². The van der Waals surface area contributed by atoms with E-state index < -0.39 is 10.0 Å². The van der Waals surface area contributed by atoms with Gasteiger partial charge in [-0.15, -0.1) is 0 Å². The third-order valence-corrected chi connectivity index (χ3v) is 3.33. The Kier molecular flexibility index (Phi) is 3.51. The van der Waals surface area contributed by atoms with Crippen molar-refractivity contribution in [2.24, 2.45) is 0 Å². The molecule has 0 radical (unpaired) electrons. The van der Waals surface area contributed by atoms with E-state index in [4.69, 9.17) is 4.42 Å². The molecule has 0 N–H and O–H groups in total. The molecule has 0 saturated carbocycles. The van der Waals surface area contributed by atoms with E-state index in [0.29, 0.717) is 5.89 Å². The van der Waals surface area contributed by atoms with Crippen LogP contribution in [0.4, 0.5) is 0 Å². The lowest BCUT2D eigenvalue weighted by atomic mass is 10.2. The largest absolute Gasteiger partial charge is 0.444 e. The third kappa shape index (κ3) is 3.32. The van der Waals surface area contributed by atoms with Crippen molar-refractivity contribution in [3.63, 3.8) is 0 Å². The molecule has 15 heavy (non-hydrogen) atoms. The van der Waals surface area contributed by atoms with E-state index in [9.17, 15) is 8.42 Å². The normalized spacial score (nSPS) is 12.7. The molecule has 0 fully saturated rings. The number of rotatable bonds is 4. The maximum absolute atomic E-state index is 11.1. The van der Waals surface area contributed by atoms with Crippen LogP contribution in [0.1, 0.15) is 31.4 Å². The second-order valence-corrected chi connectivity index (χ2v) is 5.92. The van der Waals surface area contributed by atoms with Crippen molar-refractivity contribution < 1.29 is 12.8 Å². The van der Waals surface area contributed by atoms with E-state index in [2.05, 4.69) is 4.98 Å². The minimum atomic E-state index is -3.18. The second kappa shape index (κ2) is 4.32. The molecular weight excluding hydrogens is 216 g/mol. The quantitative estimate of drug-likeness (QED) is 0.782. The molecule has 5 nitrogen and oxygen atoms in total. The van der Waals surface area contributed by atoms with Crippen LogP contribution >= 0.6 is 0 Å². The summed E-state index contributed by atoms with van der Waals surface area (Å²) < 4.78 is 28.9. The molecule has 0 spiro atoms. The van der Waals surface area contributed by atoms with Gasteiger partial charge in [-0.05, 0) is 0 Å². The minimum absolute atomic E-state index is 0.172. The number of sulfonamides is 1. The number of hydrogen-bond acceptors (Lipinski definition) is 4. The highest BCUT2D eigenvalue weighted by Gasteiger charge is 2.15. The van der Waals surface area contributed by atoms with Gasteiger partial charge in [-0.25, -0.2) is 13.4 Å². The van der Waals surface area contributed by atoms with Crippen molar-refractivity contribution in [1.29, 1.82) is 0 Å². The molecule has 0 amide bonds. The van der Waals surface area contributed by atoms with Crippen LogP contribution in [-0.2, 0) is 16.6 Å². The van der Waals surface area contributed by atoms with Crippen LogP contribution in [-0.4, -0.2) is 31.0 Å². The second-order valence-electron chi connectivity index (χ2n) is 3.83. The van der Waals surface area contributed by atoms with E-state index in [-0.39, 0.29) is 12.5 Å². The van der Waals surface area contributed by atoms with Gasteiger partial charge in [0.1, 0.15) is 5.76 Å². The maximum Gasteiger partial charge on any atom is 0.211 e. The average Bonchev–Trinajstić information content (AvgIpc) is 2.50. The fourth-order valence-corrected chi connectivity index (χ4v) is 1.32. The van der Waals surface area contributed by atoms with Crippen molar-refractivity contribution in [3.8, 4) is 0 Å². The Morgan fingerprint density at radius 1 is 1.53 bits per heavy atom. The van der Waals surface area contributed by atoms with Gasteiger partial charge >= 0.3 is 0 Å². The van der Waals surface area contributed by atoms with Gasteiger partial charge in [-0.1, -0.05) is 13.8 Å². The van der Waals surface area contributed by atoms with Gasteiger partial charge < -0.3 is 4.42 Å². The summed E-state index contributed by atoms with van der Waals surface area (Å²) in [5.41, 5.74) is 0. The zero-order chi connectivity index (χ0) is 11.6. The zero-order valence-corrected chi connectivity index (χ0v) is 10.2. The Hall–Kier alpha value is -0.880. The van der Waals surface area contributed by atoms with E-state index in [1.807, 2.05) is 13.8 Å². The van der Waals surface area contributed by atoms with E-state index in [1.54, 1.807) is 6.20 Å². The molecule has 0 aromatic carbocycles. The Balaban J connectivity index is 2.74. The molecule has 0 bridgehead atoms. The lowest BCUT2D eigenvalue weighted by Crippen LogP contribution is -2.24. The Morgan fingerprint density at radius 2 is 2.13 bits per heavy atom. The predicted molar refractivity (Wildman–Crippen MR) is 56.9 cm³/mol. The summed E-state index contributed by atoms with van der Waals surface area (Å²) in [7, 11) is -1.68. The summed E-state index contributed by atoms with van der Waals surface area (Å²) in [5, 5.41) is 0. The number of oxazole rings is 1. The molecule has 0 aliphatic carbocycles. The molecule has 0 aliphatic rings. The van der Waals surface area contributed by atoms with Crippen molar-refractivity contribution in [2.45, 2.75) is 26.3 Å². The zero-order valence-electron chi connectivity index (χ0n) is 9.39. The Labute approximate surface area is 90.2 Å². The third-order valence-electron chi connectivity index (χ3n) is 2.06. The molecule has 0 saturated heterocycles. The first-order valence-electron chi connectivity index (χ1n) is 4.66. The molecule has 86 valence electrons. The van der Waals surface area contributed by atoms with Gasteiger partial charge in [0.25, 0.3) is 0 Å². The number of hydrogen-bond donors (Lipinski definition) is 0. The van der Waals surface area contributed by atoms with E-state index in [0.717, 1.165) is 12.0 Å². The standard InChI is InChI=1S/C9H16N2O3S/c1-7(2)8-5-10-9(14-8)6-11(3)15(4,12)13/h5,7H,6H2,1-4H3. The van der Waals surface area contributed by atoms with Crippen molar-refractivity contribution in [3.05, 3.63) is 17.8 Å². The molecule has 0 atom stereocenters. The molecule has 1 heterocycles. The summed E-state index contributed by atoms with van der Waals surface area (Å²) >= 11 is 0. The van der Waals surface area contributed by atoms with Crippen LogP contribution in [0.3, 0.4) is 0 Å². The summed E-state index contributed by atoms with van der Waals surface area (Å²) in [6.07, 6.45) is 2.79. The molecular formula is C9H16N2O3S. The SMILES string of the molecule is CC(C)c1cnc(CN(C)S(C)(=O)=O)o1. The van der Waals surface area contributed by atoms with Crippen molar-refractivity contribution in [1.82, 2.24) is 9.29 Å². The highest BCUT2D eigenvalue weighted by atomic mass is 32.2. The van der Waals surface area contributed by atoms with E-state index in [1.165, 1.54) is 11.4 Å². The van der Waals surface area contributed by atoms with Gasteiger partial charge in [0, 0.05) is 13.0 Å². The molecule has 1 aromatic rings. The van der Waals surface area contributed by atoms with Gasteiger partial charge in [0.2, 0.25) is 15.9 Å². The van der Waals surface area contributed by atoms with Crippen molar-refractivity contribution in [2.75, 3.05) is 13.3 Å². The van der Waals surface area contributed by atoms with Crippen molar-refractivity contribution >= 4 is 10.0 Å². The molecule has 1 rings (SSSR count). The number of aromatic nitrogens is 1. The van der Waals surface area contributed by atoms with Gasteiger partial charge in [-0.3, -0.25) is 0 Å². The van der Waals surface area contributed by atoms with Gasteiger partial charge in [-0.2, -0.15) is 4.31 Å². The summed E-state index contributed by atoms with van der Waals surface area (Å²) in [5.74, 6) is 1.45. The molecule has 1 aromatic heterocycles. The Bertz CT molecular complexity index is 422. The fraction of sp³-hybridized carbons (Fsp3) is 0.667. The summed E-state index contributed by atoms with van der Waals surface area (Å²) in [4.78, 5) is 4.02. The monoisotopic (exact) mass is 232 g/mol. The molecule has 6 heteroatoms. The summed E-state index contributed by atoms with van der Waals surface area (Å²) in [6.45, 7) is 4.15. The first-order valence-corrected chi connectivity index (χ1v) is 6.51. The maximum atomic E-state index is 11.1. The predicted octanol–water partition coefficient (Wildman–Crippen LogP) is 1.19. The first kappa shape index (κ1) is 12.2.